The van der Waals surface area contributed by atoms with Crippen molar-refractivity contribution in [1.29, 1.82) is 0 Å². The molecule has 10 heteroatoms. The predicted molar refractivity (Wildman–Crippen MR) is 189 cm³/mol. The van der Waals surface area contributed by atoms with E-state index in [1.807, 2.05) is 36.9 Å². The van der Waals surface area contributed by atoms with Crippen molar-refractivity contribution in [3.8, 4) is 16.9 Å². The van der Waals surface area contributed by atoms with Crippen LogP contribution in [0, 0.1) is 13.8 Å². The number of nitrogens with one attached hydrogen (secondary N) is 1. The van der Waals surface area contributed by atoms with Crippen molar-refractivity contribution < 1.29 is 18.8 Å². The summed E-state index contributed by atoms with van der Waals surface area (Å²) < 4.78 is 17.0. The molecule has 0 radical (unpaired) electrons. The average Bonchev–Trinajstić information content (AvgIpc) is 3.67. The van der Waals surface area contributed by atoms with Crippen molar-refractivity contribution in [3.05, 3.63) is 76.7 Å². The van der Waals surface area contributed by atoms with Gasteiger partial charge in [-0.15, -0.1) is 0 Å². The number of likely N-dealkylation sites (tertiary alicyclic amines) is 1. The van der Waals surface area contributed by atoms with Crippen molar-refractivity contribution in [3.63, 3.8) is 0 Å². The summed E-state index contributed by atoms with van der Waals surface area (Å²) in [4.78, 5) is 29.8. The normalized spacial score (nSPS) is 19.2. The number of hydrogen-bond donors (Lipinski definition) is 1. The minimum atomic E-state index is -0.0997. The lowest BCUT2D eigenvalue weighted by atomic mass is 9.91. The van der Waals surface area contributed by atoms with Crippen molar-refractivity contribution in [2.75, 3.05) is 58.5 Å². The Bertz CT molecular complexity index is 2050. The first-order valence-electron chi connectivity index (χ1n) is 16.9. The Kier molecular flexibility index (Phi) is 7.72. The average molecular weight is 647 g/mol. The van der Waals surface area contributed by atoms with Gasteiger partial charge in [0.15, 0.2) is 0 Å². The minimum Gasteiger partial charge on any atom is -0.496 e. The van der Waals surface area contributed by atoms with Crippen molar-refractivity contribution in [1.82, 2.24) is 19.9 Å². The van der Waals surface area contributed by atoms with Gasteiger partial charge in [0, 0.05) is 66.9 Å². The van der Waals surface area contributed by atoms with Gasteiger partial charge in [0.1, 0.15) is 23.5 Å². The number of aryl methyl sites for hydroxylation is 2. The largest absolute Gasteiger partial charge is 0.496 e. The number of aliphatic imine (C=N–C) groups is 1. The highest BCUT2D eigenvalue weighted by Gasteiger charge is 2.32. The number of rotatable bonds is 5. The molecule has 3 aliphatic rings. The van der Waals surface area contributed by atoms with Gasteiger partial charge in [0.25, 0.3) is 5.91 Å². The zero-order chi connectivity index (χ0) is 33.1. The number of methoxy groups -OCH3 is 1. The summed E-state index contributed by atoms with van der Waals surface area (Å²) in [5.41, 5.74) is 7.32. The Morgan fingerprint density at radius 2 is 1.69 bits per heavy atom. The van der Waals surface area contributed by atoms with Gasteiger partial charge in [-0.2, -0.15) is 0 Å². The number of aromatic amines is 1. The van der Waals surface area contributed by atoms with Gasteiger partial charge in [0.2, 0.25) is 0 Å². The number of anilines is 1. The smallest absolute Gasteiger partial charge is 0.254 e. The SMILES string of the molecule is COc1cc2c3c([nH]c2cc1-c1c(C)noc1C)N(C)C(C)N=C3c1ccc(C(=O)N2CCC(N3CCOCC3)CC2)c2ccccc12. The second-order valence-corrected chi connectivity index (χ2v) is 13.2. The van der Waals surface area contributed by atoms with E-state index in [4.69, 9.17) is 19.0 Å². The predicted octanol–water partition coefficient (Wildman–Crippen LogP) is 6.17. The van der Waals surface area contributed by atoms with E-state index >= 15 is 0 Å². The number of benzene rings is 3. The summed E-state index contributed by atoms with van der Waals surface area (Å²) in [6.07, 6.45) is 1.89. The number of morpholine rings is 1. The molecule has 0 spiro atoms. The van der Waals surface area contributed by atoms with Crippen LogP contribution in [0.3, 0.4) is 0 Å². The maximum absolute atomic E-state index is 14.1. The van der Waals surface area contributed by atoms with E-state index in [1.54, 1.807) is 7.11 Å². The molecule has 2 saturated heterocycles. The van der Waals surface area contributed by atoms with Crippen LogP contribution in [-0.2, 0) is 4.74 Å². The molecule has 248 valence electrons. The van der Waals surface area contributed by atoms with Crippen LogP contribution in [-0.4, -0.2) is 97.3 Å². The molecule has 3 aromatic carbocycles. The zero-order valence-electron chi connectivity index (χ0n) is 28.3. The molecule has 2 fully saturated rings. The van der Waals surface area contributed by atoms with Gasteiger partial charge >= 0.3 is 0 Å². The molecule has 1 N–H and O–H groups in total. The number of amides is 1. The first-order chi connectivity index (χ1) is 23.3. The summed E-state index contributed by atoms with van der Waals surface area (Å²) in [7, 11) is 3.76. The molecule has 8 rings (SSSR count). The second-order valence-electron chi connectivity index (χ2n) is 13.2. The Morgan fingerprint density at radius 3 is 2.40 bits per heavy atom. The molecule has 0 bridgehead atoms. The highest BCUT2D eigenvalue weighted by molar-refractivity contribution is 6.28. The van der Waals surface area contributed by atoms with E-state index in [9.17, 15) is 4.79 Å². The molecule has 5 aromatic rings. The first kappa shape index (κ1) is 30.7. The van der Waals surface area contributed by atoms with Crippen LogP contribution in [0.15, 0.2) is 58.0 Å². The van der Waals surface area contributed by atoms with Crippen LogP contribution >= 0.6 is 0 Å². The fraction of sp³-hybridized carbons (Fsp3) is 0.395. The van der Waals surface area contributed by atoms with Crippen LogP contribution in [0.25, 0.3) is 32.8 Å². The van der Waals surface area contributed by atoms with Gasteiger partial charge in [-0.25, -0.2) is 0 Å². The molecule has 5 heterocycles. The van der Waals surface area contributed by atoms with Gasteiger partial charge in [-0.05, 0) is 62.6 Å². The minimum absolute atomic E-state index is 0.0984. The number of ether oxygens (including phenoxy) is 2. The molecular weight excluding hydrogens is 604 g/mol. The maximum atomic E-state index is 14.1. The topological polar surface area (TPSA) is 99.4 Å². The fourth-order valence-electron chi connectivity index (χ4n) is 7.91. The summed E-state index contributed by atoms with van der Waals surface area (Å²) in [5.74, 6) is 2.58. The van der Waals surface area contributed by atoms with Gasteiger partial charge in [-0.1, -0.05) is 35.5 Å². The third-order valence-corrected chi connectivity index (χ3v) is 10.6. The van der Waals surface area contributed by atoms with Crippen LogP contribution < -0.4 is 9.64 Å². The lowest BCUT2D eigenvalue weighted by Gasteiger charge is -2.40. The highest BCUT2D eigenvalue weighted by Crippen LogP contribution is 2.43. The Labute approximate surface area is 280 Å². The van der Waals surface area contributed by atoms with Gasteiger partial charge in [0.05, 0.1) is 42.9 Å². The lowest BCUT2D eigenvalue weighted by molar-refractivity contribution is 0.00161. The number of carbonyl (C=O) groups is 1. The number of fused-ring (bicyclic) bond motifs is 4. The van der Waals surface area contributed by atoms with Crippen LogP contribution in [0.1, 0.15) is 52.7 Å². The molecule has 1 atom stereocenters. The van der Waals surface area contributed by atoms with Crippen molar-refractivity contribution in [2.24, 2.45) is 4.99 Å². The zero-order valence-corrected chi connectivity index (χ0v) is 28.3. The maximum Gasteiger partial charge on any atom is 0.254 e. The molecule has 1 amide bonds. The highest BCUT2D eigenvalue weighted by atomic mass is 16.5. The summed E-state index contributed by atoms with van der Waals surface area (Å²) in [6.45, 7) is 11.1. The van der Waals surface area contributed by atoms with Crippen molar-refractivity contribution in [2.45, 2.75) is 45.8 Å². The van der Waals surface area contributed by atoms with Crippen LogP contribution in [0.2, 0.25) is 0 Å². The number of aromatic nitrogens is 2. The van der Waals surface area contributed by atoms with Gasteiger partial charge in [-0.3, -0.25) is 14.7 Å². The molecule has 0 aliphatic carbocycles. The van der Waals surface area contributed by atoms with E-state index in [0.29, 0.717) is 6.04 Å². The number of hydrogen-bond acceptors (Lipinski definition) is 8. The number of carbonyl (C=O) groups excluding carboxylic acids is 1. The molecule has 0 saturated carbocycles. The lowest BCUT2D eigenvalue weighted by Crippen LogP contribution is -2.50. The van der Waals surface area contributed by atoms with E-state index in [2.05, 4.69) is 64.2 Å². The third-order valence-electron chi connectivity index (χ3n) is 10.6. The molecular formula is C38H42N6O4. The van der Waals surface area contributed by atoms with E-state index in [-0.39, 0.29) is 12.1 Å². The summed E-state index contributed by atoms with van der Waals surface area (Å²) in [6, 6.07) is 17.1. The Hall–Kier alpha value is -4.67. The van der Waals surface area contributed by atoms with Gasteiger partial charge < -0.3 is 28.8 Å². The van der Waals surface area contributed by atoms with Crippen LogP contribution in [0.5, 0.6) is 5.75 Å². The second kappa shape index (κ2) is 12.1. The molecule has 2 aromatic heterocycles. The monoisotopic (exact) mass is 646 g/mol. The van der Waals surface area contributed by atoms with E-state index in [0.717, 1.165) is 130 Å². The number of piperidine rings is 1. The third kappa shape index (κ3) is 4.97. The van der Waals surface area contributed by atoms with E-state index < -0.39 is 0 Å². The Balaban J connectivity index is 1.18. The summed E-state index contributed by atoms with van der Waals surface area (Å²) >= 11 is 0. The molecule has 1 unspecified atom stereocenters. The fourth-order valence-corrected chi connectivity index (χ4v) is 7.91. The molecule has 48 heavy (non-hydrogen) atoms. The number of nitrogens with zero attached hydrogens (tertiary/aromatic N) is 5. The van der Waals surface area contributed by atoms with Crippen LogP contribution in [0.4, 0.5) is 5.82 Å². The molecule has 10 nitrogen and oxygen atoms in total. The standard InChI is InChI=1S/C38H42N6O4/c1-22-34(23(2)48-41-22)31-20-32-30(21-33(31)46-5)35-36(39-24(3)42(4)37(35)40-32)28-10-11-29(27-9-7-6-8-26(27)28)38(45)44-14-12-25(13-15-44)43-16-18-47-19-17-43/h6-11,20-21,24-25,40H,12-19H2,1-5H3. The number of H-pyrrole nitrogens is 1. The molecule has 3 aliphatic heterocycles. The van der Waals surface area contributed by atoms with Crippen molar-refractivity contribution >= 4 is 39.1 Å². The summed E-state index contributed by atoms with van der Waals surface area (Å²) in [5, 5.41) is 7.17. The quantitative estimate of drug-likeness (QED) is 0.244. The van der Waals surface area contributed by atoms with E-state index in [1.165, 1.54) is 0 Å². The Morgan fingerprint density at radius 1 is 0.938 bits per heavy atom. The first-order valence-corrected chi connectivity index (χ1v) is 16.9.